The third-order valence-corrected chi connectivity index (χ3v) is 4.20. The molecule has 3 heteroatoms. The van der Waals surface area contributed by atoms with Gasteiger partial charge in [-0.25, -0.2) is 4.39 Å². The molecule has 1 N–H and O–H groups in total. The summed E-state index contributed by atoms with van der Waals surface area (Å²) in [4.78, 5) is 0. The van der Waals surface area contributed by atoms with Gasteiger partial charge in [-0.05, 0) is 54.2 Å². The van der Waals surface area contributed by atoms with Gasteiger partial charge in [-0.2, -0.15) is 0 Å². The summed E-state index contributed by atoms with van der Waals surface area (Å²) in [6.07, 6.45) is 8.55. The number of rotatable bonds is 5. The second-order valence-electron chi connectivity index (χ2n) is 5.77. The van der Waals surface area contributed by atoms with E-state index in [1.807, 2.05) is 18.2 Å². The number of fused-ring (bicyclic) bond motifs is 1. The Balaban J connectivity index is 1.77. The van der Waals surface area contributed by atoms with E-state index in [2.05, 4.69) is 17.3 Å². The van der Waals surface area contributed by atoms with Crippen LogP contribution in [0, 0.1) is 18.2 Å². The Labute approximate surface area is 136 Å². The van der Waals surface area contributed by atoms with Crippen molar-refractivity contribution < 1.29 is 9.13 Å². The second-order valence-corrected chi connectivity index (χ2v) is 5.77. The first-order valence-corrected chi connectivity index (χ1v) is 7.94. The van der Waals surface area contributed by atoms with E-state index < -0.39 is 0 Å². The number of terminal acetylenes is 1. The Morgan fingerprint density at radius 2 is 2.13 bits per heavy atom. The van der Waals surface area contributed by atoms with Crippen molar-refractivity contribution in [1.82, 2.24) is 5.32 Å². The first kappa shape index (κ1) is 15.6. The normalized spacial score (nSPS) is 16.4. The van der Waals surface area contributed by atoms with Crippen molar-refractivity contribution in [3.8, 4) is 18.1 Å². The zero-order valence-electron chi connectivity index (χ0n) is 13.0. The third kappa shape index (κ3) is 3.72. The fourth-order valence-corrected chi connectivity index (χ4v) is 3.13. The molecule has 1 aliphatic rings. The molecule has 1 unspecified atom stereocenters. The van der Waals surface area contributed by atoms with Gasteiger partial charge in [-0.3, -0.25) is 5.32 Å². The second kappa shape index (κ2) is 7.30. The van der Waals surface area contributed by atoms with Crippen molar-refractivity contribution in [3.05, 3.63) is 65.0 Å². The zero-order valence-corrected chi connectivity index (χ0v) is 13.0. The van der Waals surface area contributed by atoms with E-state index in [0.29, 0.717) is 13.2 Å². The van der Waals surface area contributed by atoms with Crippen LogP contribution in [0.3, 0.4) is 0 Å². The SMILES string of the molecule is C#CCNC1CCCc2c(OCc3cccc(F)c3)cccc21. The molecule has 1 atom stereocenters. The van der Waals surface area contributed by atoms with Crippen molar-refractivity contribution in [1.29, 1.82) is 0 Å². The van der Waals surface area contributed by atoms with E-state index in [1.54, 1.807) is 6.07 Å². The van der Waals surface area contributed by atoms with Gasteiger partial charge in [0.15, 0.2) is 0 Å². The molecule has 0 saturated carbocycles. The summed E-state index contributed by atoms with van der Waals surface area (Å²) in [5.41, 5.74) is 3.34. The highest BCUT2D eigenvalue weighted by Gasteiger charge is 2.22. The van der Waals surface area contributed by atoms with Crippen LogP contribution < -0.4 is 10.1 Å². The van der Waals surface area contributed by atoms with Crippen LogP contribution in [0.5, 0.6) is 5.75 Å². The molecular weight excluding hydrogens is 289 g/mol. The highest BCUT2D eigenvalue weighted by atomic mass is 19.1. The molecule has 2 aromatic rings. The molecule has 0 radical (unpaired) electrons. The van der Waals surface area contributed by atoms with E-state index in [4.69, 9.17) is 11.2 Å². The van der Waals surface area contributed by atoms with Crippen LogP contribution in [0.2, 0.25) is 0 Å². The Morgan fingerprint density at radius 1 is 1.26 bits per heavy atom. The first-order chi connectivity index (χ1) is 11.3. The van der Waals surface area contributed by atoms with E-state index >= 15 is 0 Å². The summed E-state index contributed by atoms with van der Waals surface area (Å²) < 4.78 is 19.2. The fraction of sp³-hybridized carbons (Fsp3) is 0.300. The van der Waals surface area contributed by atoms with E-state index in [1.165, 1.54) is 23.3 Å². The Kier molecular flexibility index (Phi) is 4.95. The van der Waals surface area contributed by atoms with Gasteiger partial charge >= 0.3 is 0 Å². The van der Waals surface area contributed by atoms with Gasteiger partial charge in [0.1, 0.15) is 18.2 Å². The number of benzene rings is 2. The van der Waals surface area contributed by atoms with E-state index in [-0.39, 0.29) is 11.9 Å². The quantitative estimate of drug-likeness (QED) is 0.843. The minimum atomic E-state index is -0.236. The lowest BCUT2D eigenvalue weighted by molar-refractivity contribution is 0.299. The van der Waals surface area contributed by atoms with Gasteiger partial charge < -0.3 is 4.74 Å². The molecule has 0 heterocycles. The van der Waals surface area contributed by atoms with Gasteiger partial charge in [0.2, 0.25) is 0 Å². The summed E-state index contributed by atoms with van der Waals surface area (Å²) in [5, 5.41) is 3.39. The Bertz CT molecular complexity index is 720. The highest BCUT2D eigenvalue weighted by molar-refractivity contribution is 5.43. The van der Waals surface area contributed by atoms with Crippen LogP contribution in [0.15, 0.2) is 42.5 Å². The predicted molar refractivity (Wildman–Crippen MR) is 89.7 cm³/mol. The summed E-state index contributed by atoms with van der Waals surface area (Å²) in [6.45, 7) is 0.940. The smallest absolute Gasteiger partial charge is 0.123 e. The van der Waals surface area contributed by atoms with Gasteiger partial charge in [-0.15, -0.1) is 6.42 Å². The first-order valence-electron chi connectivity index (χ1n) is 7.94. The fourth-order valence-electron chi connectivity index (χ4n) is 3.13. The van der Waals surface area contributed by atoms with Crippen LogP contribution >= 0.6 is 0 Å². The van der Waals surface area contributed by atoms with Crippen LogP contribution in [-0.4, -0.2) is 6.54 Å². The minimum absolute atomic E-state index is 0.236. The molecular formula is C20H20FNO. The monoisotopic (exact) mass is 309 g/mol. The summed E-state index contributed by atoms with van der Waals surface area (Å²) >= 11 is 0. The van der Waals surface area contributed by atoms with Gasteiger partial charge in [0.05, 0.1) is 6.54 Å². The number of hydrogen-bond donors (Lipinski definition) is 1. The average molecular weight is 309 g/mol. The Hall–Kier alpha value is -2.31. The summed E-state index contributed by atoms with van der Waals surface area (Å²) in [6, 6.07) is 12.9. The molecule has 0 saturated heterocycles. The average Bonchev–Trinajstić information content (AvgIpc) is 2.58. The summed E-state index contributed by atoms with van der Waals surface area (Å²) in [5.74, 6) is 3.29. The molecule has 3 rings (SSSR count). The van der Waals surface area contributed by atoms with Crippen molar-refractivity contribution in [2.75, 3.05) is 6.54 Å². The van der Waals surface area contributed by atoms with E-state index in [9.17, 15) is 4.39 Å². The maximum absolute atomic E-state index is 13.3. The predicted octanol–water partition coefficient (Wildman–Crippen LogP) is 4.00. The lowest BCUT2D eigenvalue weighted by Gasteiger charge is -2.27. The third-order valence-electron chi connectivity index (χ3n) is 4.20. The Morgan fingerprint density at radius 3 is 2.96 bits per heavy atom. The highest BCUT2D eigenvalue weighted by Crippen LogP contribution is 2.35. The van der Waals surface area contributed by atoms with Gasteiger partial charge in [0, 0.05) is 6.04 Å². The number of hydrogen-bond acceptors (Lipinski definition) is 2. The molecule has 118 valence electrons. The maximum Gasteiger partial charge on any atom is 0.123 e. The molecule has 2 aromatic carbocycles. The number of ether oxygens (including phenoxy) is 1. The molecule has 2 nitrogen and oxygen atoms in total. The van der Waals surface area contributed by atoms with Crippen LogP contribution in [0.4, 0.5) is 4.39 Å². The molecule has 0 fully saturated rings. The van der Waals surface area contributed by atoms with Crippen molar-refractivity contribution in [3.63, 3.8) is 0 Å². The minimum Gasteiger partial charge on any atom is -0.489 e. The largest absolute Gasteiger partial charge is 0.489 e. The summed E-state index contributed by atoms with van der Waals surface area (Å²) in [7, 11) is 0. The lowest BCUT2D eigenvalue weighted by atomic mass is 9.87. The molecule has 1 aliphatic carbocycles. The van der Waals surface area contributed by atoms with Crippen LogP contribution in [0.25, 0.3) is 0 Å². The van der Waals surface area contributed by atoms with Crippen molar-refractivity contribution in [2.45, 2.75) is 31.9 Å². The topological polar surface area (TPSA) is 21.3 Å². The molecule has 0 spiro atoms. The molecule has 0 amide bonds. The van der Waals surface area contributed by atoms with Gasteiger partial charge in [0.25, 0.3) is 0 Å². The lowest BCUT2D eigenvalue weighted by Crippen LogP contribution is -2.25. The molecule has 0 aliphatic heterocycles. The van der Waals surface area contributed by atoms with E-state index in [0.717, 1.165) is 30.6 Å². The maximum atomic E-state index is 13.3. The molecule has 23 heavy (non-hydrogen) atoms. The molecule has 0 bridgehead atoms. The van der Waals surface area contributed by atoms with Crippen molar-refractivity contribution in [2.24, 2.45) is 0 Å². The standard InChI is InChI=1S/C20H20FNO/c1-2-12-22-19-10-4-9-18-17(19)8-5-11-20(18)23-14-15-6-3-7-16(21)13-15/h1,3,5-8,11,13,19,22H,4,9-10,12,14H2. The number of nitrogens with one attached hydrogen (secondary N) is 1. The zero-order chi connectivity index (χ0) is 16.1. The van der Waals surface area contributed by atoms with Crippen molar-refractivity contribution >= 4 is 0 Å². The molecule has 0 aromatic heterocycles. The van der Waals surface area contributed by atoms with Crippen LogP contribution in [-0.2, 0) is 13.0 Å². The van der Waals surface area contributed by atoms with Crippen LogP contribution in [0.1, 0.15) is 35.6 Å². The number of halogens is 1. The van der Waals surface area contributed by atoms with Gasteiger partial charge in [-0.1, -0.05) is 30.2 Å².